The third-order valence-electron chi connectivity index (χ3n) is 3.53. The molecule has 0 unspecified atom stereocenters. The van der Waals surface area contributed by atoms with E-state index in [2.05, 4.69) is 31.2 Å². The van der Waals surface area contributed by atoms with Crippen molar-refractivity contribution in [2.75, 3.05) is 5.32 Å². The Kier molecular flexibility index (Phi) is 4.85. The molecule has 0 saturated heterocycles. The first-order chi connectivity index (χ1) is 11.6. The van der Waals surface area contributed by atoms with Gasteiger partial charge in [-0.1, -0.05) is 22.0 Å². The van der Waals surface area contributed by atoms with Crippen LogP contribution in [0, 0.1) is 10.1 Å². The first kappa shape index (κ1) is 17.5. The minimum atomic E-state index is -0.393. The minimum Gasteiger partial charge on any atom is -0.339 e. The van der Waals surface area contributed by atoms with Crippen LogP contribution in [0.1, 0.15) is 0 Å². The molecule has 0 aliphatic carbocycles. The maximum Gasteiger partial charge on any atom is 0.270 e. The summed E-state index contributed by atoms with van der Waals surface area (Å²) in [5, 5.41) is 15.1. The van der Waals surface area contributed by atoms with Crippen LogP contribution in [-0.4, -0.2) is 14.9 Å². The lowest BCUT2D eigenvalue weighted by Crippen LogP contribution is -1.94. The fraction of sp³-hybridized carbons (Fsp3) is 0. The van der Waals surface area contributed by atoms with E-state index in [1.54, 1.807) is 12.1 Å². The molecule has 0 aliphatic rings. The number of halogens is 2. The second-order valence-corrected chi connectivity index (χ2v) is 7.04. The fourth-order valence-corrected chi connectivity index (χ4v) is 4.00. The van der Waals surface area contributed by atoms with Crippen LogP contribution in [0.5, 0.6) is 0 Å². The summed E-state index contributed by atoms with van der Waals surface area (Å²) in [5.74, 6) is 0.682. The first-order valence-electron chi connectivity index (χ1n) is 6.96. The average molecular weight is 438 g/mol. The summed E-state index contributed by atoms with van der Waals surface area (Å²) in [6.45, 7) is 0. The Bertz CT molecular complexity index is 1100. The van der Waals surface area contributed by atoms with E-state index in [9.17, 15) is 10.1 Å². The quantitative estimate of drug-likeness (QED) is 0.329. The molecule has 6 nitrogen and oxygen atoms in total. The summed E-state index contributed by atoms with van der Waals surface area (Å²) in [7, 11) is 0. The number of hydrogen-bond donors (Lipinski definition) is 1. The molecule has 0 bridgehead atoms. The molecule has 1 N–H and O–H groups in total. The van der Waals surface area contributed by atoms with E-state index in [1.165, 1.54) is 23.7 Å². The van der Waals surface area contributed by atoms with Gasteiger partial charge in [0.1, 0.15) is 6.33 Å². The normalized spacial score (nSPS) is 10.6. The zero-order valence-electron chi connectivity index (χ0n) is 12.5. The molecule has 0 saturated carbocycles. The van der Waals surface area contributed by atoms with E-state index in [-0.39, 0.29) is 18.1 Å². The summed E-state index contributed by atoms with van der Waals surface area (Å²) in [6.07, 6.45) is 1.50. The molecule has 2 aromatic heterocycles. The highest BCUT2D eigenvalue weighted by molar-refractivity contribution is 9.10. The van der Waals surface area contributed by atoms with Crippen molar-refractivity contribution in [3.05, 3.63) is 63.4 Å². The van der Waals surface area contributed by atoms with Crippen LogP contribution in [0.4, 0.5) is 17.2 Å². The van der Waals surface area contributed by atoms with Crippen LogP contribution in [-0.2, 0) is 0 Å². The molecule has 0 spiro atoms. The van der Waals surface area contributed by atoms with Crippen LogP contribution in [0.15, 0.2) is 53.3 Å². The van der Waals surface area contributed by atoms with Gasteiger partial charge in [-0.05, 0) is 24.3 Å². The second-order valence-electron chi connectivity index (χ2n) is 5.07. The van der Waals surface area contributed by atoms with Gasteiger partial charge in [-0.3, -0.25) is 10.1 Å². The molecule has 4 rings (SSSR count). The molecule has 2 heterocycles. The fourth-order valence-electron chi connectivity index (χ4n) is 2.47. The Labute approximate surface area is 160 Å². The van der Waals surface area contributed by atoms with Gasteiger partial charge in [-0.2, -0.15) is 0 Å². The number of nitro benzene ring substituents is 1. The highest BCUT2D eigenvalue weighted by Crippen LogP contribution is 2.38. The molecule has 9 heteroatoms. The third kappa shape index (κ3) is 3.28. The standard InChI is InChI=1S/C16H9BrN4O2S.ClH/c17-9-2-1-3-10(6-9)20-16-15-14(18-8-19-16)12-5-4-11(21(22)23)7-13(12)24-15;/h1-8H,(H,18,19,20);1H. The number of rotatable bonds is 3. The highest BCUT2D eigenvalue weighted by atomic mass is 79.9. The lowest BCUT2D eigenvalue weighted by molar-refractivity contribution is -0.384. The zero-order valence-corrected chi connectivity index (χ0v) is 15.7. The molecule has 0 amide bonds. The van der Waals surface area contributed by atoms with Gasteiger partial charge < -0.3 is 5.32 Å². The molecule has 0 aliphatic heterocycles. The van der Waals surface area contributed by atoms with Crippen molar-refractivity contribution in [2.24, 2.45) is 0 Å². The van der Waals surface area contributed by atoms with E-state index in [4.69, 9.17) is 0 Å². The molecule has 2 aromatic carbocycles. The Morgan fingerprint density at radius 2 is 2.00 bits per heavy atom. The Hall–Kier alpha value is -2.29. The van der Waals surface area contributed by atoms with Crippen molar-refractivity contribution in [3.63, 3.8) is 0 Å². The maximum atomic E-state index is 11.0. The summed E-state index contributed by atoms with van der Waals surface area (Å²) in [5.41, 5.74) is 1.76. The van der Waals surface area contributed by atoms with Gasteiger partial charge in [0, 0.05) is 32.4 Å². The van der Waals surface area contributed by atoms with Gasteiger partial charge >= 0.3 is 0 Å². The van der Waals surface area contributed by atoms with Gasteiger partial charge in [0.25, 0.3) is 5.69 Å². The molecule has 4 aromatic rings. The number of nitro groups is 1. The van der Waals surface area contributed by atoms with Crippen LogP contribution in [0.3, 0.4) is 0 Å². The average Bonchev–Trinajstić information content (AvgIpc) is 2.94. The van der Waals surface area contributed by atoms with Gasteiger partial charge in [0.05, 0.1) is 15.1 Å². The van der Waals surface area contributed by atoms with Gasteiger partial charge in [-0.25, -0.2) is 9.97 Å². The molecular weight excluding hydrogens is 428 g/mol. The lowest BCUT2D eigenvalue weighted by Gasteiger charge is -2.06. The van der Waals surface area contributed by atoms with E-state index in [0.717, 1.165) is 30.5 Å². The van der Waals surface area contributed by atoms with Crippen molar-refractivity contribution < 1.29 is 4.92 Å². The summed E-state index contributed by atoms with van der Waals surface area (Å²) >= 11 is 4.88. The lowest BCUT2D eigenvalue weighted by atomic mass is 10.2. The summed E-state index contributed by atoms with van der Waals surface area (Å²) in [6, 6.07) is 12.6. The van der Waals surface area contributed by atoms with Crippen LogP contribution < -0.4 is 5.32 Å². The molecule has 0 atom stereocenters. The maximum absolute atomic E-state index is 11.0. The molecular formula is C16H10BrClN4O2S. The molecule has 0 fully saturated rings. The minimum absolute atomic E-state index is 0. The number of fused-ring (bicyclic) bond motifs is 3. The zero-order chi connectivity index (χ0) is 16.7. The number of aromatic nitrogens is 2. The number of nitrogens with zero attached hydrogens (tertiary/aromatic N) is 3. The number of thiophene rings is 1. The highest BCUT2D eigenvalue weighted by Gasteiger charge is 2.14. The van der Waals surface area contributed by atoms with E-state index >= 15 is 0 Å². The number of non-ortho nitro benzene ring substituents is 1. The van der Waals surface area contributed by atoms with E-state index < -0.39 is 4.92 Å². The smallest absolute Gasteiger partial charge is 0.270 e. The number of anilines is 2. The number of nitrogens with one attached hydrogen (secondary N) is 1. The molecule has 126 valence electrons. The van der Waals surface area contributed by atoms with Crippen molar-refractivity contribution >= 4 is 77.2 Å². The van der Waals surface area contributed by atoms with Crippen molar-refractivity contribution in [2.45, 2.75) is 0 Å². The largest absolute Gasteiger partial charge is 0.339 e. The van der Waals surface area contributed by atoms with Gasteiger partial charge in [0.2, 0.25) is 0 Å². The molecule has 0 radical (unpaired) electrons. The summed E-state index contributed by atoms with van der Waals surface area (Å²) < 4.78 is 2.65. The number of hydrogen-bond acceptors (Lipinski definition) is 6. The summed E-state index contributed by atoms with van der Waals surface area (Å²) in [4.78, 5) is 19.2. The second kappa shape index (κ2) is 6.91. The van der Waals surface area contributed by atoms with Crippen molar-refractivity contribution in [3.8, 4) is 0 Å². The van der Waals surface area contributed by atoms with Crippen LogP contribution >= 0.6 is 39.7 Å². The number of benzene rings is 2. The predicted molar refractivity (Wildman–Crippen MR) is 106 cm³/mol. The predicted octanol–water partition coefficient (Wildman–Crippen LogP) is 5.68. The molecule has 25 heavy (non-hydrogen) atoms. The van der Waals surface area contributed by atoms with Gasteiger partial charge in [-0.15, -0.1) is 23.7 Å². The van der Waals surface area contributed by atoms with E-state index in [1.807, 2.05) is 24.3 Å². The van der Waals surface area contributed by atoms with Crippen LogP contribution in [0.2, 0.25) is 0 Å². The SMILES string of the molecule is Cl.O=[N+]([O-])c1ccc2c(c1)sc1c(Nc3cccc(Br)c3)ncnc12. The Morgan fingerprint density at radius 1 is 1.16 bits per heavy atom. The third-order valence-corrected chi connectivity index (χ3v) is 5.18. The van der Waals surface area contributed by atoms with E-state index in [0.29, 0.717) is 5.82 Å². The monoisotopic (exact) mass is 436 g/mol. The van der Waals surface area contributed by atoms with Crippen molar-refractivity contribution in [1.82, 2.24) is 9.97 Å². The van der Waals surface area contributed by atoms with Gasteiger partial charge in [0.15, 0.2) is 5.82 Å². The topological polar surface area (TPSA) is 81.0 Å². The van der Waals surface area contributed by atoms with Crippen molar-refractivity contribution in [1.29, 1.82) is 0 Å². The Balaban J connectivity index is 0.00000182. The first-order valence-corrected chi connectivity index (χ1v) is 8.57. The Morgan fingerprint density at radius 3 is 2.76 bits per heavy atom. The van der Waals surface area contributed by atoms with Crippen LogP contribution in [0.25, 0.3) is 20.3 Å².